The summed E-state index contributed by atoms with van der Waals surface area (Å²) in [5.41, 5.74) is 3.30. The van der Waals surface area contributed by atoms with Crippen molar-refractivity contribution in [2.75, 3.05) is 0 Å². The molecule has 0 amide bonds. The quantitative estimate of drug-likeness (QED) is 0.654. The minimum Gasteiger partial charge on any atom is -0.507 e. The van der Waals surface area contributed by atoms with Gasteiger partial charge in [0.25, 0.3) is 5.56 Å². The highest BCUT2D eigenvalue weighted by atomic mass is 16.3. The number of benzene rings is 2. The van der Waals surface area contributed by atoms with Gasteiger partial charge in [-0.3, -0.25) is 4.79 Å². The van der Waals surface area contributed by atoms with Gasteiger partial charge in [0.15, 0.2) is 0 Å². The molecule has 4 nitrogen and oxygen atoms in total. The Labute approximate surface area is 152 Å². The van der Waals surface area contributed by atoms with Crippen LogP contribution in [0, 0.1) is 0 Å². The van der Waals surface area contributed by atoms with Crippen molar-refractivity contribution in [1.82, 2.24) is 9.97 Å². The van der Waals surface area contributed by atoms with Gasteiger partial charge in [-0.05, 0) is 36.5 Å². The molecule has 132 valence electrons. The normalized spacial score (nSPS) is 16.1. The summed E-state index contributed by atoms with van der Waals surface area (Å²) in [4.78, 5) is 19.3. The molecule has 2 N–H and O–H groups in total. The Hall–Kier alpha value is -2.88. The zero-order valence-electron chi connectivity index (χ0n) is 14.6. The Kier molecular flexibility index (Phi) is 4.57. The van der Waals surface area contributed by atoms with Crippen LogP contribution in [0.5, 0.6) is 0 Å². The summed E-state index contributed by atoms with van der Waals surface area (Å²) in [6.07, 6.45) is 7.86. The lowest BCUT2D eigenvalue weighted by Gasteiger charge is -2.22. The lowest BCUT2D eigenvalue weighted by atomic mass is 9.84. The largest absolute Gasteiger partial charge is 0.507 e. The number of hydrogen-bond donors (Lipinski definition) is 2. The Bertz CT molecular complexity index is 997. The van der Waals surface area contributed by atoms with Crippen molar-refractivity contribution in [1.29, 1.82) is 0 Å². The SMILES string of the molecule is O=c1[nH]c2ccccc2nc1/C=C(\O)c1ccc(C2CCCCC2)cc1. The van der Waals surface area contributed by atoms with Crippen LogP contribution in [0.1, 0.15) is 54.8 Å². The molecular formula is C22H22N2O2. The highest BCUT2D eigenvalue weighted by Gasteiger charge is 2.15. The zero-order chi connectivity index (χ0) is 17.9. The maximum Gasteiger partial charge on any atom is 0.274 e. The predicted molar refractivity (Wildman–Crippen MR) is 105 cm³/mol. The number of aliphatic hydroxyl groups excluding tert-OH is 1. The van der Waals surface area contributed by atoms with Crippen LogP contribution in [0.25, 0.3) is 22.9 Å². The summed E-state index contributed by atoms with van der Waals surface area (Å²) >= 11 is 0. The molecule has 4 rings (SSSR count). The average molecular weight is 346 g/mol. The van der Waals surface area contributed by atoms with E-state index in [0.29, 0.717) is 22.5 Å². The second kappa shape index (κ2) is 7.16. The van der Waals surface area contributed by atoms with Crippen LogP contribution in [0.4, 0.5) is 0 Å². The number of nitrogens with one attached hydrogen (secondary N) is 1. The van der Waals surface area contributed by atoms with Gasteiger partial charge < -0.3 is 10.1 Å². The van der Waals surface area contributed by atoms with Gasteiger partial charge in [0.2, 0.25) is 0 Å². The average Bonchev–Trinajstić information content (AvgIpc) is 2.69. The monoisotopic (exact) mass is 346 g/mol. The van der Waals surface area contributed by atoms with Gasteiger partial charge in [0, 0.05) is 11.6 Å². The maximum atomic E-state index is 12.2. The number of aliphatic hydroxyl groups is 1. The highest BCUT2D eigenvalue weighted by Crippen LogP contribution is 2.33. The Morgan fingerprint density at radius 1 is 1.04 bits per heavy atom. The van der Waals surface area contributed by atoms with E-state index in [-0.39, 0.29) is 17.0 Å². The van der Waals surface area contributed by atoms with E-state index in [0.717, 1.165) is 0 Å². The van der Waals surface area contributed by atoms with E-state index < -0.39 is 0 Å². The van der Waals surface area contributed by atoms with Crippen LogP contribution < -0.4 is 5.56 Å². The molecule has 0 atom stereocenters. The van der Waals surface area contributed by atoms with Gasteiger partial charge in [0.1, 0.15) is 11.5 Å². The molecule has 1 fully saturated rings. The lowest BCUT2D eigenvalue weighted by molar-refractivity contribution is 0.443. The van der Waals surface area contributed by atoms with Gasteiger partial charge in [-0.2, -0.15) is 0 Å². The fourth-order valence-electron chi connectivity index (χ4n) is 3.72. The molecule has 1 saturated carbocycles. The fourth-order valence-corrected chi connectivity index (χ4v) is 3.72. The molecule has 0 unspecified atom stereocenters. The second-order valence-corrected chi connectivity index (χ2v) is 6.95. The third-order valence-corrected chi connectivity index (χ3v) is 5.18. The van der Waals surface area contributed by atoms with Crippen LogP contribution in [0.15, 0.2) is 53.3 Å². The van der Waals surface area contributed by atoms with Crippen LogP contribution >= 0.6 is 0 Å². The summed E-state index contributed by atoms with van der Waals surface area (Å²) < 4.78 is 0. The summed E-state index contributed by atoms with van der Waals surface area (Å²) in [6, 6.07) is 15.4. The number of H-pyrrole nitrogens is 1. The summed E-state index contributed by atoms with van der Waals surface area (Å²) in [7, 11) is 0. The van der Waals surface area contributed by atoms with Crippen molar-refractivity contribution in [3.63, 3.8) is 0 Å². The molecule has 1 aliphatic carbocycles. The highest BCUT2D eigenvalue weighted by molar-refractivity contribution is 5.79. The van der Waals surface area contributed by atoms with Gasteiger partial charge in [-0.15, -0.1) is 0 Å². The van der Waals surface area contributed by atoms with E-state index in [1.165, 1.54) is 43.7 Å². The fraction of sp³-hybridized carbons (Fsp3) is 0.273. The number of nitrogens with zero attached hydrogens (tertiary/aromatic N) is 1. The summed E-state index contributed by atoms with van der Waals surface area (Å²) in [6.45, 7) is 0. The van der Waals surface area contributed by atoms with Crippen molar-refractivity contribution in [2.24, 2.45) is 0 Å². The van der Waals surface area contributed by atoms with Crippen LogP contribution in [-0.4, -0.2) is 15.1 Å². The predicted octanol–water partition coefficient (Wildman–Crippen LogP) is 5.03. The molecule has 2 aromatic carbocycles. The molecule has 1 heterocycles. The zero-order valence-corrected chi connectivity index (χ0v) is 14.6. The van der Waals surface area contributed by atoms with Crippen LogP contribution in [0.2, 0.25) is 0 Å². The van der Waals surface area contributed by atoms with Crippen LogP contribution in [0.3, 0.4) is 0 Å². The van der Waals surface area contributed by atoms with Gasteiger partial charge in [-0.25, -0.2) is 4.98 Å². The first-order valence-corrected chi connectivity index (χ1v) is 9.21. The van der Waals surface area contributed by atoms with Gasteiger partial charge in [0.05, 0.1) is 11.0 Å². The second-order valence-electron chi connectivity index (χ2n) is 6.95. The third kappa shape index (κ3) is 3.40. The third-order valence-electron chi connectivity index (χ3n) is 5.18. The molecule has 0 aliphatic heterocycles. The van der Waals surface area contributed by atoms with E-state index in [2.05, 4.69) is 22.1 Å². The van der Waals surface area contributed by atoms with Gasteiger partial charge in [-0.1, -0.05) is 55.7 Å². The minimum absolute atomic E-state index is 0.0495. The number of rotatable bonds is 3. The molecule has 1 aliphatic rings. The van der Waals surface area contributed by atoms with Crippen molar-refractivity contribution in [2.45, 2.75) is 38.0 Å². The minimum atomic E-state index is -0.311. The number of aromatic amines is 1. The summed E-state index contributed by atoms with van der Waals surface area (Å²) in [5, 5.41) is 10.4. The van der Waals surface area contributed by atoms with Crippen molar-refractivity contribution < 1.29 is 5.11 Å². The van der Waals surface area contributed by atoms with Crippen LogP contribution in [-0.2, 0) is 0 Å². The Balaban J connectivity index is 1.61. The topological polar surface area (TPSA) is 66.0 Å². The molecular weight excluding hydrogens is 324 g/mol. The van der Waals surface area contributed by atoms with Crippen molar-refractivity contribution in [3.05, 3.63) is 75.7 Å². The number of aromatic nitrogens is 2. The first kappa shape index (κ1) is 16.6. The molecule has 0 saturated heterocycles. The smallest absolute Gasteiger partial charge is 0.274 e. The Morgan fingerprint density at radius 3 is 2.54 bits per heavy atom. The van der Waals surface area contributed by atoms with Crippen molar-refractivity contribution in [3.8, 4) is 0 Å². The Morgan fingerprint density at radius 2 is 1.77 bits per heavy atom. The molecule has 0 bridgehead atoms. The molecule has 3 aromatic rings. The van der Waals surface area contributed by atoms with E-state index >= 15 is 0 Å². The maximum absolute atomic E-state index is 12.2. The lowest BCUT2D eigenvalue weighted by Crippen LogP contribution is -2.12. The van der Waals surface area contributed by atoms with E-state index in [9.17, 15) is 9.90 Å². The first-order chi connectivity index (χ1) is 12.7. The number of fused-ring (bicyclic) bond motifs is 1. The van der Waals surface area contributed by atoms with E-state index in [4.69, 9.17) is 0 Å². The summed E-state index contributed by atoms with van der Waals surface area (Å²) in [5.74, 6) is 0.683. The standard InChI is InChI=1S/C22H22N2O2/c25-21(14-20-22(26)24-19-9-5-4-8-18(19)23-20)17-12-10-16(11-13-17)15-6-2-1-3-7-15/h4-5,8-15,25H,1-3,6-7H2,(H,24,26)/b21-14-. The molecule has 0 spiro atoms. The molecule has 1 aromatic heterocycles. The van der Waals surface area contributed by atoms with Crippen molar-refractivity contribution >= 4 is 22.9 Å². The molecule has 26 heavy (non-hydrogen) atoms. The van der Waals surface area contributed by atoms with Gasteiger partial charge >= 0.3 is 0 Å². The number of para-hydroxylation sites is 2. The first-order valence-electron chi connectivity index (χ1n) is 9.21. The van der Waals surface area contributed by atoms with E-state index in [1.54, 1.807) is 6.07 Å². The molecule has 0 radical (unpaired) electrons. The molecule has 4 heteroatoms. The number of hydrogen-bond acceptors (Lipinski definition) is 3. The van der Waals surface area contributed by atoms with E-state index in [1.807, 2.05) is 30.3 Å².